The predicted molar refractivity (Wildman–Crippen MR) is 76.1 cm³/mol. The molecule has 1 aromatic carbocycles. The number of nitrogens with zero attached hydrogens (tertiary/aromatic N) is 2. The Morgan fingerprint density at radius 3 is 3.00 bits per heavy atom. The first-order chi connectivity index (χ1) is 10.2. The maximum Gasteiger partial charge on any atom is 0.275 e. The lowest BCUT2D eigenvalue weighted by molar-refractivity contribution is 0.102. The molecule has 0 spiro atoms. The molecule has 0 fully saturated rings. The van der Waals surface area contributed by atoms with Crippen molar-refractivity contribution in [1.82, 2.24) is 9.55 Å². The number of anilines is 1. The van der Waals surface area contributed by atoms with Crippen LogP contribution in [0.15, 0.2) is 24.4 Å². The van der Waals surface area contributed by atoms with Gasteiger partial charge in [0.15, 0.2) is 11.6 Å². The molecule has 6 heteroatoms. The molecule has 1 aliphatic heterocycles. The maximum absolute atomic E-state index is 13.6. The summed E-state index contributed by atoms with van der Waals surface area (Å²) in [5, 5.41) is 2.65. The van der Waals surface area contributed by atoms with Gasteiger partial charge in [-0.1, -0.05) is 0 Å². The molecule has 0 saturated heterocycles. The van der Waals surface area contributed by atoms with Crippen LogP contribution in [0.2, 0.25) is 0 Å². The summed E-state index contributed by atoms with van der Waals surface area (Å²) in [6.45, 7) is 0.896. The van der Waals surface area contributed by atoms with Gasteiger partial charge in [-0.25, -0.2) is 9.37 Å². The van der Waals surface area contributed by atoms with Crippen LogP contribution in [0.5, 0.6) is 5.75 Å². The summed E-state index contributed by atoms with van der Waals surface area (Å²) in [7, 11) is 1.40. The third kappa shape index (κ3) is 2.74. The molecule has 0 bridgehead atoms. The molecular weight excluding hydrogens is 273 g/mol. The van der Waals surface area contributed by atoms with Crippen LogP contribution in [0.4, 0.5) is 10.1 Å². The summed E-state index contributed by atoms with van der Waals surface area (Å²) in [4.78, 5) is 16.5. The van der Waals surface area contributed by atoms with Crippen LogP contribution in [-0.2, 0) is 13.0 Å². The van der Waals surface area contributed by atoms with Crippen molar-refractivity contribution in [3.63, 3.8) is 0 Å². The lowest BCUT2D eigenvalue weighted by atomic mass is 10.2. The Kier molecular flexibility index (Phi) is 3.60. The summed E-state index contributed by atoms with van der Waals surface area (Å²) < 4.78 is 20.4. The highest BCUT2D eigenvalue weighted by Gasteiger charge is 2.17. The van der Waals surface area contributed by atoms with E-state index < -0.39 is 5.82 Å². The SMILES string of the molecule is COc1ccc(NC(=O)c2cn3c(n2)CCCC3)cc1F. The van der Waals surface area contributed by atoms with Crippen molar-refractivity contribution >= 4 is 11.6 Å². The minimum Gasteiger partial charge on any atom is -0.494 e. The first-order valence-electron chi connectivity index (χ1n) is 6.88. The molecule has 0 aliphatic carbocycles. The quantitative estimate of drug-likeness (QED) is 0.945. The van der Waals surface area contributed by atoms with Gasteiger partial charge in [0, 0.05) is 30.9 Å². The molecule has 0 atom stereocenters. The molecule has 0 unspecified atom stereocenters. The number of hydrogen-bond donors (Lipinski definition) is 1. The average Bonchev–Trinajstić information content (AvgIpc) is 2.91. The third-order valence-electron chi connectivity index (χ3n) is 3.55. The van der Waals surface area contributed by atoms with Crippen LogP contribution in [0, 0.1) is 5.82 Å². The zero-order valence-electron chi connectivity index (χ0n) is 11.7. The standard InChI is InChI=1S/C15H16FN3O2/c1-21-13-6-5-10(8-11(13)16)17-15(20)12-9-19-7-3-2-4-14(19)18-12/h5-6,8-9H,2-4,7H2,1H3,(H,17,20). The normalized spacial score (nSPS) is 13.6. The smallest absolute Gasteiger partial charge is 0.275 e. The van der Waals surface area contributed by atoms with Crippen LogP contribution in [0.1, 0.15) is 29.2 Å². The van der Waals surface area contributed by atoms with Gasteiger partial charge in [-0.2, -0.15) is 0 Å². The first-order valence-corrected chi connectivity index (χ1v) is 6.88. The van der Waals surface area contributed by atoms with Crippen molar-refractivity contribution in [2.45, 2.75) is 25.8 Å². The lowest BCUT2D eigenvalue weighted by Gasteiger charge is -2.11. The highest BCUT2D eigenvalue weighted by atomic mass is 19.1. The van der Waals surface area contributed by atoms with Crippen LogP contribution in [0.3, 0.4) is 0 Å². The molecule has 1 aromatic heterocycles. The van der Waals surface area contributed by atoms with Gasteiger partial charge >= 0.3 is 0 Å². The Hall–Kier alpha value is -2.37. The summed E-state index contributed by atoms with van der Waals surface area (Å²) >= 11 is 0. The first kappa shape index (κ1) is 13.6. The Labute approximate surface area is 121 Å². The van der Waals surface area contributed by atoms with E-state index in [1.54, 1.807) is 12.3 Å². The second-order valence-corrected chi connectivity index (χ2v) is 5.00. The van der Waals surface area contributed by atoms with E-state index >= 15 is 0 Å². The molecule has 2 heterocycles. The van der Waals surface area contributed by atoms with Crippen LogP contribution in [0.25, 0.3) is 0 Å². The summed E-state index contributed by atoms with van der Waals surface area (Å²) in [5.74, 6) is 0.235. The number of halogens is 1. The largest absolute Gasteiger partial charge is 0.494 e. The number of aromatic nitrogens is 2. The van der Waals surface area contributed by atoms with Crippen molar-refractivity contribution in [1.29, 1.82) is 0 Å². The molecule has 0 saturated carbocycles. The number of amides is 1. The van der Waals surface area contributed by atoms with E-state index in [0.717, 1.165) is 31.6 Å². The monoisotopic (exact) mass is 289 g/mol. The van der Waals surface area contributed by atoms with Crippen LogP contribution >= 0.6 is 0 Å². The molecule has 1 amide bonds. The maximum atomic E-state index is 13.6. The van der Waals surface area contributed by atoms with Crippen molar-refractivity contribution in [3.8, 4) is 5.75 Å². The van der Waals surface area contributed by atoms with Gasteiger partial charge in [-0.05, 0) is 25.0 Å². The summed E-state index contributed by atoms with van der Waals surface area (Å²) in [6, 6.07) is 4.30. The van der Waals surface area contributed by atoms with Gasteiger partial charge in [0.2, 0.25) is 0 Å². The number of rotatable bonds is 3. The average molecular weight is 289 g/mol. The predicted octanol–water partition coefficient (Wildman–Crippen LogP) is 2.62. The van der Waals surface area contributed by atoms with Gasteiger partial charge < -0.3 is 14.6 Å². The Morgan fingerprint density at radius 2 is 2.29 bits per heavy atom. The van der Waals surface area contributed by atoms with E-state index in [-0.39, 0.29) is 11.7 Å². The lowest BCUT2D eigenvalue weighted by Crippen LogP contribution is -2.12. The third-order valence-corrected chi connectivity index (χ3v) is 3.55. The molecule has 5 nitrogen and oxygen atoms in total. The van der Waals surface area contributed by atoms with E-state index in [0.29, 0.717) is 11.4 Å². The summed E-state index contributed by atoms with van der Waals surface area (Å²) in [6.07, 6.45) is 4.85. The van der Waals surface area contributed by atoms with Crippen molar-refractivity contribution < 1.29 is 13.9 Å². The van der Waals surface area contributed by atoms with E-state index in [4.69, 9.17) is 4.74 Å². The number of carbonyl (C=O) groups excluding carboxylic acids is 1. The molecule has 3 rings (SSSR count). The second kappa shape index (κ2) is 5.55. The zero-order valence-corrected chi connectivity index (χ0v) is 11.7. The van der Waals surface area contributed by atoms with Crippen LogP contribution in [-0.4, -0.2) is 22.6 Å². The zero-order chi connectivity index (χ0) is 14.8. The summed E-state index contributed by atoms with van der Waals surface area (Å²) in [5.41, 5.74) is 0.743. The Morgan fingerprint density at radius 1 is 1.43 bits per heavy atom. The molecule has 0 radical (unpaired) electrons. The number of benzene rings is 1. The van der Waals surface area contributed by atoms with Gasteiger partial charge in [0.05, 0.1) is 7.11 Å². The molecule has 110 valence electrons. The number of nitrogens with one attached hydrogen (secondary N) is 1. The fraction of sp³-hybridized carbons (Fsp3) is 0.333. The number of methoxy groups -OCH3 is 1. The fourth-order valence-corrected chi connectivity index (χ4v) is 2.46. The van der Waals surface area contributed by atoms with E-state index in [9.17, 15) is 9.18 Å². The van der Waals surface area contributed by atoms with E-state index in [2.05, 4.69) is 10.3 Å². The number of aryl methyl sites for hydroxylation is 2. The van der Waals surface area contributed by atoms with Crippen molar-refractivity contribution in [2.75, 3.05) is 12.4 Å². The van der Waals surface area contributed by atoms with Gasteiger partial charge in [-0.3, -0.25) is 4.79 Å². The molecule has 1 aliphatic rings. The topological polar surface area (TPSA) is 56.1 Å². The molecule has 1 N–H and O–H groups in total. The molecule has 21 heavy (non-hydrogen) atoms. The van der Waals surface area contributed by atoms with Gasteiger partial charge in [0.1, 0.15) is 11.5 Å². The van der Waals surface area contributed by atoms with Crippen molar-refractivity contribution in [2.24, 2.45) is 0 Å². The minimum atomic E-state index is -0.514. The number of fused-ring (bicyclic) bond motifs is 1. The van der Waals surface area contributed by atoms with E-state index in [1.807, 2.05) is 4.57 Å². The number of hydrogen-bond acceptors (Lipinski definition) is 3. The number of ether oxygens (including phenoxy) is 1. The fourth-order valence-electron chi connectivity index (χ4n) is 2.46. The second-order valence-electron chi connectivity index (χ2n) is 5.00. The van der Waals surface area contributed by atoms with Gasteiger partial charge in [-0.15, -0.1) is 0 Å². The van der Waals surface area contributed by atoms with Gasteiger partial charge in [0.25, 0.3) is 5.91 Å². The van der Waals surface area contributed by atoms with Crippen LogP contribution < -0.4 is 10.1 Å². The van der Waals surface area contributed by atoms with Crippen molar-refractivity contribution in [3.05, 3.63) is 41.7 Å². The van der Waals surface area contributed by atoms with E-state index in [1.165, 1.54) is 19.2 Å². The molecular formula is C15H16FN3O2. The highest BCUT2D eigenvalue weighted by molar-refractivity contribution is 6.02. The highest BCUT2D eigenvalue weighted by Crippen LogP contribution is 2.21. The Balaban J connectivity index is 1.77. The minimum absolute atomic E-state index is 0.144. The Bertz CT molecular complexity index is 658. The molecule has 2 aromatic rings. The number of carbonyl (C=O) groups is 1. The number of imidazole rings is 1.